The smallest absolute Gasteiger partial charge is 0.205 e. The van der Waals surface area contributed by atoms with E-state index in [-0.39, 0.29) is 0 Å². The van der Waals surface area contributed by atoms with Crippen molar-refractivity contribution in [1.82, 2.24) is 30.0 Å². The first kappa shape index (κ1) is 37.5. The van der Waals surface area contributed by atoms with Crippen molar-refractivity contribution in [3.63, 3.8) is 0 Å². The summed E-state index contributed by atoms with van der Waals surface area (Å²) in [5, 5.41) is 19.9. The zero-order chi connectivity index (χ0) is 38.9. The fraction of sp³-hybridized carbons (Fsp3) is 0.200. The average molecular weight is 749 g/mol. The summed E-state index contributed by atoms with van der Waals surface area (Å²) in [7, 11) is 0. The number of aromatic nitrogens is 6. The van der Waals surface area contributed by atoms with E-state index in [4.69, 9.17) is 25.2 Å². The number of hydrogen-bond acceptors (Lipinski definition) is 5. The Morgan fingerprint density at radius 1 is 0.561 bits per heavy atom. The summed E-state index contributed by atoms with van der Waals surface area (Å²) in [6.45, 7) is 6.30. The number of unbranched alkanes of at least 4 members (excludes halogenated alkanes) is 1. The van der Waals surface area contributed by atoms with E-state index in [2.05, 4.69) is 158 Å². The van der Waals surface area contributed by atoms with Gasteiger partial charge in [-0.2, -0.15) is 5.10 Å². The van der Waals surface area contributed by atoms with Crippen LogP contribution in [0.5, 0.6) is 0 Å². The molecule has 7 heteroatoms. The van der Waals surface area contributed by atoms with E-state index in [9.17, 15) is 0 Å². The number of nitrogens with zero attached hydrogens (tertiary/aromatic N) is 6. The van der Waals surface area contributed by atoms with Crippen LogP contribution in [0.4, 0.5) is 0 Å². The quantitative estimate of drug-likeness (QED) is 0.0920. The minimum atomic E-state index is -0.849. The van der Waals surface area contributed by atoms with Gasteiger partial charge in [-0.15, -0.1) is 15.0 Å². The van der Waals surface area contributed by atoms with E-state index >= 15 is 0 Å². The second kappa shape index (κ2) is 17.6. The van der Waals surface area contributed by atoms with Gasteiger partial charge in [0.2, 0.25) is 5.82 Å². The van der Waals surface area contributed by atoms with Crippen LogP contribution in [0.25, 0.3) is 22.5 Å². The van der Waals surface area contributed by atoms with Crippen LogP contribution in [0.15, 0.2) is 170 Å². The van der Waals surface area contributed by atoms with E-state index in [1.165, 1.54) is 16.8 Å². The minimum Gasteiger partial charge on any atom is -0.370 e. The highest BCUT2D eigenvalue weighted by Crippen LogP contribution is 2.40. The molecule has 0 amide bonds. The van der Waals surface area contributed by atoms with Gasteiger partial charge < -0.3 is 4.74 Å². The van der Waals surface area contributed by atoms with Crippen LogP contribution in [0.2, 0.25) is 0 Å². The van der Waals surface area contributed by atoms with E-state index in [1.807, 2.05) is 30.3 Å². The monoisotopic (exact) mass is 748 g/mol. The molecule has 0 aliphatic heterocycles. The Morgan fingerprint density at radius 3 is 1.70 bits per heavy atom. The number of rotatable bonds is 16. The van der Waals surface area contributed by atoms with Crippen LogP contribution in [-0.2, 0) is 42.9 Å². The lowest BCUT2D eigenvalue weighted by Crippen LogP contribution is -2.39. The van der Waals surface area contributed by atoms with Gasteiger partial charge in [0.05, 0.1) is 18.9 Å². The number of ether oxygens (including phenoxy) is 1. The maximum atomic E-state index is 6.24. The van der Waals surface area contributed by atoms with Crippen molar-refractivity contribution in [2.24, 2.45) is 0 Å². The fourth-order valence-electron chi connectivity index (χ4n) is 7.92. The molecule has 0 saturated carbocycles. The summed E-state index contributed by atoms with van der Waals surface area (Å²) >= 11 is 0. The van der Waals surface area contributed by atoms with Gasteiger partial charge >= 0.3 is 0 Å². The minimum absolute atomic E-state index is 0.482. The largest absolute Gasteiger partial charge is 0.370 e. The van der Waals surface area contributed by atoms with Gasteiger partial charge in [0, 0.05) is 29.8 Å². The highest BCUT2D eigenvalue weighted by Gasteiger charge is 2.41. The van der Waals surface area contributed by atoms with Crippen molar-refractivity contribution in [2.75, 3.05) is 0 Å². The van der Waals surface area contributed by atoms with E-state index in [1.54, 1.807) is 4.80 Å². The lowest BCUT2D eigenvalue weighted by molar-refractivity contribution is 0.103. The second-order valence-corrected chi connectivity index (χ2v) is 14.4. The Hall–Kier alpha value is -6.44. The molecule has 0 atom stereocenters. The lowest BCUT2D eigenvalue weighted by Gasteiger charge is -2.34. The Kier molecular flexibility index (Phi) is 11.6. The molecule has 0 fully saturated rings. The van der Waals surface area contributed by atoms with Crippen molar-refractivity contribution in [1.29, 1.82) is 0 Å². The number of aryl methyl sites for hydroxylation is 1. The fourth-order valence-corrected chi connectivity index (χ4v) is 7.92. The van der Waals surface area contributed by atoms with Crippen molar-refractivity contribution < 1.29 is 4.74 Å². The molecule has 8 rings (SSSR count). The molecule has 0 saturated heterocycles. The molecule has 0 aliphatic carbocycles. The van der Waals surface area contributed by atoms with Crippen LogP contribution in [0.3, 0.4) is 0 Å². The number of benzene rings is 6. The Bertz CT molecular complexity index is 2380. The molecule has 0 aliphatic rings. The molecule has 7 nitrogen and oxygen atoms in total. The third kappa shape index (κ3) is 7.84. The van der Waals surface area contributed by atoms with E-state index in [0.29, 0.717) is 19.0 Å². The Labute approximate surface area is 335 Å². The zero-order valence-electron chi connectivity index (χ0n) is 32.7. The third-order valence-corrected chi connectivity index (χ3v) is 10.8. The summed E-state index contributed by atoms with van der Waals surface area (Å²) in [6, 6.07) is 58.9. The highest BCUT2D eigenvalue weighted by atomic mass is 16.5. The van der Waals surface area contributed by atoms with Crippen LogP contribution in [0.1, 0.15) is 71.5 Å². The highest BCUT2D eigenvalue weighted by molar-refractivity contribution is 5.80. The molecular weight excluding hydrogens is 701 g/mol. The SMILES string of the molecule is CCCCc1c(Cc2ccc(-c3ccccc3-c3nnn(C(c4ccccc4)(c4ccccc4)c4ccccc4)n3)cc2)c(COCc2ccccc2)nn1CC. The first-order valence-electron chi connectivity index (χ1n) is 20.0. The average Bonchev–Trinajstić information content (AvgIpc) is 3.90. The van der Waals surface area contributed by atoms with Gasteiger partial charge in [-0.3, -0.25) is 4.68 Å². The molecule has 6 aromatic carbocycles. The van der Waals surface area contributed by atoms with E-state index < -0.39 is 5.54 Å². The number of tetrazole rings is 1. The van der Waals surface area contributed by atoms with Crippen LogP contribution < -0.4 is 0 Å². The summed E-state index contributed by atoms with van der Waals surface area (Å²) < 4.78 is 8.42. The summed E-state index contributed by atoms with van der Waals surface area (Å²) in [6.07, 6.45) is 4.06. The number of hydrogen-bond donors (Lipinski definition) is 0. The Morgan fingerprint density at radius 2 is 1.12 bits per heavy atom. The molecule has 2 aromatic heterocycles. The molecule has 0 bridgehead atoms. The standard InChI is InChI=1S/C50H48N6O/c1-3-5-30-48-46(47(52-55(48)4-2)37-57-36-39-20-10-6-11-21-39)35-38-31-33-40(34-32-38)44-28-18-19-29-45(44)49-51-54-56(53-49)50(41-22-12-7-13-23-41,42-24-14-8-15-25-42)43-26-16-9-17-27-43/h6-29,31-34H,3-5,30,35-37H2,1-2H3. The topological polar surface area (TPSA) is 70.7 Å². The van der Waals surface area contributed by atoms with Gasteiger partial charge in [0.15, 0.2) is 5.54 Å². The lowest BCUT2D eigenvalue weighted by atomic mass is 9.77. The van der Waals surface area contributed by atoms with Gasteiger partial charge in [0.25, 0.3) is 0 Å². The first-order valence-corrected chi connectivity index (χ1v) is 20.0. The van der Waals surface area contributed by atoms with Crippen LogP contribution in [-0.4, -0.2) is 30.0 Å². The van der Waals surface area contributed by atoms with Crippen molar-refractivity contribution >= 4 is 0 Å². The molecule has 0 unspecified atom stereocenters. The molecular formula is C50H48N6O. The summed E-state index contributed by atoms with van der Waals surface area (Å²) in [5.41, 5.74) is 11.4. The summed E-state index contributed by atoms with van der Waals surface area (Å²) in [4.78, 5) is 1.79. The van der Waals surface area contributed by atoms with E-state index in [0.717, 1.165) is 76.9 Å². The van der Waals surface area contributed by atoms with Gasteiger partial charge in [-0.1, -0.05) is 183 Å². The molecule has 284 valence electrons. The predicted octanol–water partition coefficient (Wildman–Crippen LogP) is 10.7. The van der Waals surface area contributed by atoms with Crippen molar-refractivity contribution in [3.05, 3.63) is 215 Å². The normalized spacial score (nSPS) is 11.5. The molecule has 0 spiro atoms. The van der Waals surface area contributed by atoms with Gasteiger partial charge in [0.1, 0.15) is 0 Å². The van der Waals surface area contributed by atoms with Crippen molar-refractivity contribution in [3.8, 4) is 22.5 Å². The maximum Gasteiger partial charge on any atom is 0.205 e. The van der Waals surface area contributed by atoms with Gasteiger partial charge in [-0.25, -0.2) is 0 Å². The van der Waals surface area contributed by atoms with Crippen molar-refractivity contribution in [2.45, 2.75) is 64.8 Å². The molecule has 57 heavy (non-hydrogen) atoms. The van der Waals surface area contributed by atoms with Gasteiger partial charge in [-0.05, 0) is 63.9 Å². The molecule has 0 N–H and O–H groups in total. The molecule has 0 radical (unpaired) electrons. The Balaban J connectivity index is 1.12. The van der Waals surface area contributed by atoms with Crippen LogP contribution >= 0.6 is 0 Å². The third-order valence-electron chi connectivity index (χ3n) is 10.8. The second-order valence-electron chi connectivity index (χ2n) is 14.4. The first-order chi connectivity index (χ1) is 28.2. The van der Waals surface area contributed by atoms with Crippen LogP contribution in [0, 0.1) is 0 Å². The maximum absolute atomic E-state index is 6.24. The zero-order valence-corrected chi connectivity index (χ0v) is 32.7. The molecule has 8 aromatic rings. The predicted molar refractivity (Wildman–Crippen MR) is 228 cm³/mol. The summed E-state index contributed by atoms with van der Waals surface area (Å²) in [5.74, 6) is 0.564. The molecule has 2 heterocycles.